The van der Waals surface area contributed by atoms with Crippen LogP contribution in [-0.4, -0.2) is 17.0 Å². The summed E-state index contributed by atoms with van der Waals surface area (Å²) in [4.78, 5) is 12.9. The molecule has 0 amide bonds. The van der Waals surface area contributed by atoms with Gasteiger partial charge in [-0.15, -0.1) is 0 Å². The highest BCUT2D eigenvalue weighted by Gasteiger charge is 2.09. The first-order valence-corrected chi connectivity index (χ1v) is 8.47. The van der Waals surface area contributed by atoms with Gasteiger partial charge in [-0.1, -0.05) is 17.7 Å². The van der Waals surface area contributed by atoms with Gasteiger partial charge >= 0.3 is 5.56 Å². The number of nitrogens with zero attached hydrogens (tertiary/aromatic N) is 2. The second-order valence-corrected chi connectivity index (χ2v) is 6.72. The van der Waals surface area contributed by atoms with Crippen LogP contribution in [0.4, 0.5) is 5.69 Å². The van der Waals surface area contributed by atoms with Crippen LogP contribution in [0.1, 0.15) is 5.56 Å². The van der Waals surface area contributed by atoms with Crippen LogP contribution in [0, 0.1) is 6.92 Å². The first-order chi connectivity index (χ1) is 12.0. The Hall–Kier alpha value is -2.86. The lowest BCUT2D eigenvalue weighted by Gasteiger charge is -2.17. The fourth-order valence-corrected chi connectivity index (χ4v) is 3.04. The summed E-state index contributed by atoms with van der Waals surface area (Å²) in [6.45, 7) is 2.03. The molecule has 25 heavy (non-hydrogen) atoms. The number of pyridine rings is 1. The molecule has 1 heterocycles. The average Bonchev–Trinajstić information content (AvgIpc) is 2.61. The lowest BCUT2D eigenvalue weighted by Crippen LogP contribution is -2.23. The zero-order chi connectivity index (χ0) is 17.8. The normalized spacial score (nSPS) is 10.5. The molecule has 0 atom stereocenters. The van der Waals surface area contributed by atoms with E-state index in [0.717, 1.165) is 16.4 Å². The van der Waals surface area contributed by atoms with Crippen molar-refractivity contribution < 1.29 is 9.94 Å². The van der Waals surface area contributed by atoms with Crippen LogP contribution in [0.5, 0.6) is 11.5 Å². The monoisotopic (exact) mass is 354 g/mol. The second kappa shape index (κ2) is 7.36. The number of aromatic nitrogens is 1. The van der Waals surface area contributed by atoms with E-state index in [-0.39, 0.29) is 0 Å². The maximum Gasteiger partial charge on any atom is 0.307 e. The van der Waals surface area contributed by atoms with E-state index in [1.54, 1.807) is 23.5 Å². The third-order valence-corrected chi connectivity index (χ3v) is 4.52. The van der Waals surface area contributed by atoms with E-state index < -0.39 is 5.56 Å². The van der Waals surface area contributed by atoms with Crippen molar-refractivity contribution in [3.8, 4) is 11.5 Å². The van der Waals surface area contributed by atoms with Gasteiger partial charge in [0.1, 0.15) is 17.2 Å². The van der Waals surface area contributed by atoms with Crippen molar-refractivity contribution >= 4 is 17.6 Å². The Bertz CT molecular complexity index is 905. The Morgan fingerprint density at radius 3 is 2.24 bits per heavy atom. The molecule has 1 aromatic heterocycles. The molecule has 1 N–H and O–H groups in total. The van der Waals surface area contributed by atoms with Gasteiger partial charge in [-0.25, -0.2) is 0 Å². The summed E-state index contributed by atoms with van der Waals surface area (Å²) in [6, 6.07) is 18.8. The topological polar surface area (TPSA) is 54.7 Å². The molecule has 5 nitrogen and oxygen atoms in total. The first kappa shape index (κ1) is 17.0. The van der Waals surface area contributed by atoms with E-state index in [4.69, 9.17) is 4.74 Å². The minimum absolute atomic E-state index is 0.398. The minimum Gasteiger partial charge on any atom is -0.457 e. The van der Waals surface area contributed by atoms with E-state index in [0.29, 0.717) is 10.4 Å². The van der Waals surface area contributed by atoms with E-state index in [1.807, 2.05) is 55.5 Å². The Labute approximate surface area is 150 Å². The maximum absolute atomic E-state index is 11.9. The molecule has 0 bridgehead atoms. The molecule has 0 saturated heterocycles. The van der Waals surface area contributed by atoms with Crippen LogP contribution in [0.2, 0.25) is 0 Å². The third kappa shape index (κ3) is 4.16. The van der Waals surface area contributed by atoms with E-state index >= 15 is 0 Å². The first-order valence-electron chi connectivity index (χ1n) is 7.70. The SMILES string of the molecule is Cc1ccc(Oc2ccc(SN(C)c3cccn(O)c3=O)cc2)cc1. The summed E-state index contributed by atoms with van der Waals surface area (Å²) in [5.74, 6) is 1.53. The van der Waals surface area contributed by atoms with Gasteiger partial charge in [0.25, 0.3) is 0 Å². The Kier molecular flexibility index (Phi) is 5.00. The van der Waals surface area contributed by atoms with Gasteiger partial charge in [0.15, 0.2) is 0 Å². The Morgan fingerprint density at radius 1 is 1.00 bits per heavy atom. The fraction of sp³-hybridized carbons (Fsp3) is 0.105. The number of rotatable bonds is 5. The number of benzene rings is 2. The van der Waals surface area contributed by atoms with Crippen LogP contribution < -0.4 is 14.6 Å². The molecule has 0 aliphatic rings. The quantitative estimate of drug-likeness (QED) is 0.546. The van der Waals surface area contributed by atoms with Crippen LogP contribution in [-0.2, 0) is 0 Å². The summed E-state index contributed by atoms with van der Waals surface area (Å²) < 4.78 is 8.09. The van der Waals surface area contributed by atoms with E-state index in [9.17, 15) is 10.0 Å². The average molecular weight is 354 g/mol. The maximum atomic E-state index is 11.9. The number of aryl methyl sites for hydroxylation is 1. The standard InChI is InChI=1S/C19H18N2O3S/c1-14-5-7-15(8-6-14)24-16-9-11-17(12-10-16)25-20(2)18-4-3-13-21(23)19(18)22/h3-13,23H,1-2H3. The molecule has 3 rings (SSSR count). The smallest absolute Gasteiger partial charge is 0.307 e. The molecule has 128 valence electrons. The number of hydrogen-bond donors (Lipinski definition) is 1. The molecule has 0 fully saturated rings. The highest BCUT2D eigenvalue weighted by atomic mass is 32.2. The molecule has 3 aromatic rings. The van der Waals surface area contributed by atoms with Gasteiger partial charge in [0.05, 0.1) is 0 Å². The molecule has 0 aliphatic heterocycles. The predicted octanol–water partition coefficient (Wildman–Crippen LogP) is 4.33. The molecule has 0 saturated carbocycles. The van der Waals surface area contributed by atoms with Gasteiger partial charge in [-0.2, -0.15) is 4.73 Å². The predicted molar refractivity (Wildman–Crippen MR) is 99.8 cm³/mol. The summed E-state index contributed by atoms with van der Waals surface area (Å²) in [7, 11) is 1.78. The van der Waals surface area contributed by atoms with E-state index in [1.165, 1.54) is 23.7 Å². The molecule has 0 radical (unpaired) electrons. The Morgan fingerprint density at radius 2 is 1.60 bits per heavy atom. The lowest BCUT2D eigenvalue weighted by atomic mass is 10.2. The number of hydrogen-bond acceptors (Lipinski definition) is 5. The molecular weight excluding hydrogens is 336 g/mol. The largest absolute Gasteiger partial charge is 0.457 e. The lowest BCUT2D eigenvalue weighted by molar-refractivity contribution is 0.175. The number of ether oxygens (including phenoxy) is 1. The number of anilines is 1. The van der Waals surface area contributed by atoms with Crippen LogP contribution in [0.3, 0.4) is 0 Å². The van der Waals surface area contributed by atoms with Crippen molar-refractivity contribution in [2.45, 2.75) is 11.8 Å². The van der Waals surface area contributed by atoms with Crippen molar-refractivity contribution in [1.29, 1.82) is 0 Å². The Balaban J connectivity index is 1.69. The van der Waals surface area contributed by atoms with Gasteiger partial charge in [-0.05, 0) is 67.4 Å². The van der Waals surface area contributed by atoms with Gasteiger partial charge in [0, 0.05) is 18.1 Å². The van der Waals surface area contributed by atoms with Crippen molar-refractivity contribution in [3.05, 3.63) is 82.8 Å². The highest BCUT2D eigenvalue weighted by Crippen LogP contribution is 2.28. The molecule has 0 unspecified atom stereocenters. The van der Waals surface area contributed by atoms with Gasteiger partial charge in [-0.3, -0.25) is 4.79 Å². The van der Waals surface area contributed by atoms with Crippen molar-refractivity contribution in [3.63, 3.8) is 0 Å². The van der Waals surface area contributed by atoms with Crippen LogP contribution >= 0.6 is 11.9 Å². The zero-order valence-electron chi connectivity index (χ0n) is 13.9. The van der Waals surface area contributed by atoms with Crippen molar-refractivity contribution in [1.82, 2.24) is 4.73 Å². The molecule has 6 heteroatoms. The van der Waals surface area contributed by atoms with Crippen LogP contribution in [0.25, 0.3) is 0 Å². The summed E-state index contributed by atoms with van der Waals surface area (Å²) in [5.41, 5.74) is 1.12. The van der Waals surface area contributed by atoms with Gasteiger partial charge in [0.2, 0.25) is 0 Å². The highest BCUT2D eigenvalue weighted by molar-refractivity contribution is 8.00. The summed E-state index contributed by atoms with van der Waals surface area (Å²) >= 11 is 1.39. The van der Waals surface area contributed by atoms with Crippen molar-refractivity contribution in [2.75, 3.05) is 11.4 Å². The summed E-state index contributed by atoms with van der Waals surface area (Å²) in [5, 5.41) is 9.46. The van der Waals surface area contributed by atoms with E-state index in [2.05, 4.69) is 0 Å². The van der Waals surface area contributed by atoms with Gasteiger partial charge < -0.3 is 14.2 Å². The van der Waals surface area contributed by atoms with Crippen LogP contribution in [0.15, 0.2) is 76.6 Å². The minimum atomic E-state index is -0.461. The summed E-state index contributed by atoms with van der Waals surface area (Å²) in [6.07, 6.45) is 1.31. The fourth-order valence-electron chi connectivity index (χ4n) is 2.23. The molecule has 0 aliphatic carbocycles. The molecular formula is C19H18N2O3S. The zero-order valence-corrected chi connectivity index (χ0v) is 14.7. The molecule has 2 aromatic carbocycles. The third-order valence-electron chi connectivity index (χ3n) is 3.57. The second-order valence-electron chi connectivity index (χ2n) is 5.52. The molecule has 0 spiro atoms. The van der Waals surface area contributed by atoms with Crippen molar-refractivity contribution in [2.24, 2.45) is 0 Å².